The maximum absolute atomic E-state index is 13.2. The molecule has 0 aliphatic rings. The number of rotatable bonds is 7. The fourth-order valence-corrected chi connectivity index (χ4v) is 1.81. The number of hydrogen-bond acceptors (Lipinski definition) is 5. The van der Waals surface area contributed by atoms with Crippen LogP contribution < -0.4 is 5.32 Å². The molecule has 0 aliphatic carbocycles. The van der Waals surface area contributed by atoms with Crippen LogP contribution in [0.1, 0.15) is 23.0 Å². The summed E-state index contributed by atoms with van der Waals surface area (Å²) < 4.78 is 29.0. The number of amides is 1. The van der Waals surface area contributed by atoms with Gasteiger partial charge in [0.25, 0.3) is 11.9 Å². The minimum atomic E-state index is -0.510. The molecule has 0 unspecified atom stereocenters. The minimum absolute atomic E-state index is 0.0281. The summed E-state index contributed by atoms with van der Waals surface area (Å²) in [6, 6.07) is 8.89. The van der Waals surface area contributed by atoms with Gasteiger partial charge in [-0.25, -0.2) is 9.38 Å². The molecule has 0 radical (unpaired) electrons. The van der Waals surface area contributed by atoms with Crippen molar-refractivity contribution in [2.75, 3.05) is 19.8 Å². The van der Waals surface area contributed by atoms with Crippen molar-refractivity contribution in [2.45, 2.75) is 13.5 Å². The van der Waals surface area contributed by atoms with Crippen LogP contribution in [0.5, 0.6) is 0 Å². The van der Waals surface area contributed by atoms with Crippen molar-refractivity contribution in [1.29, 1.82) is 0 Å². The Hall–Kier alpha value is -2.67. The zero-order chi connectivity index (χ0) is 17.2. The van der Waals surface area contributed by atoms with Crippen molar-refractivity contribution in [3.8, 4) is 0 Å². The maximum Gasteiger partial charge on any atom is 0.292 e. The van der Waals surface area contributed by atoms with Crippen molar-refractivity contribution in [3.63, 3.8) is 0 Å². The maximum atomic E-state index is 13.2. The van der Waals surface area contributed by atoms with E-state index in [9.17, 15) is 9.18 Å². The molecule has 0 atom stereocenters. The Balaban J connectivity index is 2.00. The first-order chi connectivity index (χ1) is 11.7. The molecule has 0 saturated carbocycles. The molecular weight excluding hydrogens is 315 g/mol. The van der Waals surface area contributed by atoms with Gasteiger partial charge in [0, 0.05) is 12.2 Å². The number of furan rings is 1. The summed E-state index contributed by atoms with van der Waals surface area (Å²) in [5.74, 6) is -0.376. The topological polar surface area (TPSA) is 73.1 Å². The molecule has 1 aromatic carbocycles. The Kier molecular flexibility index (Phi) is 6.97. The normalized spacial score (nSPS) is 11.3. The molecule has 2 aromatic rings. The molecular formula is C17H19FN2O4. The van der Waals surface area contributed by atoms with Crippen molar-refractivity contribution in [2.24, 2.45) is 4.99 Å². The van der Waals surface area contributed by atoms with Crippen molar-refractivity contribution >= 4 is 11.9 Å². The van der Waals surface area contributed by atoms with Crippen LogP contribution in [0.25, 0.3) is 0 Å². The molecule has 0 fully saturated rings. The van der Waals surface area contributed by atoms with Gasteiger partial charge in [0.1, 0.15) is 24.7 Å². The van der Waals surface area contributed by atoms with Crippen LogP contribution in [0.3, 0.4) is 0 Å². The third kappa shape index (κ3) is 5.85. The molecule has 0 bridgehead atoms. The highest BCUT2D eigenvalue weighted by atomic mass is 19.1. The number of carbonyl (C=O) groups is 1. The van der Waals surface area contributed by atoms with Gasteiger partial charge in [-0.3, -0.25) is 10.1 Å². The number of amidine groups is 1. The molecule has 0 spiro atoms. The monoisotopic (exact) mass is 334 g/mol. The predicted octanol–water partition coefficient (Wildman–Crippen LogP) is 2.76. The van der Waals surface area contributed by atoms with Crippen LogP contribution >= 0.6 is 0 Å². The van der Waals surface area contributed by atoms with E-state index in [1.54, 1.807) is 12.1 Å². The van der Waals surface area contributed by atoms with Crippen molar-refractivity contribution in [3.05, 3.63) is 59.8 Å². The van der Waals surface area contributed by atoms with Crippen LogP contribution in [0, 0.1) is 5.82 Å². The van der Waals surface area contributed by atoms with Gasteiger partial charge < -0.3 is 13.9 Å². The van der Waals surface area contributed by atoms with E-state index < -0.39 is 11.7 Å². The third-order valence-electron chi connectivity index (χ3n) is 2.94. The average molecular weight is 334 g/mol. The van der Waals surface area contributed by atoms with E-state index in [1.807, 2.05) is 6.92 Å². The fraction of sp³-hybridized carbons (Fsp3) is 0.294. The van der Waals surface area contributed by atoms with Crippen molar-refractivity contribution in [1.82, 2.24) is 5.32 Å². The number of nitrogens with one attached hydrogen (secondary N) is 1. The van der Waals surface area contributed by atoms with E-state index >= 15 is 0 Å². The summed E-state index contributed by atoms with van der Waals surface area (Å²) in [6.45, 7) is 3.25. The van der Waals surface area contributed by atoms with Gasteiger partial charge in [-0.15, -0.1) is 0 Å². The Labute approximate surface area is 139 Å². The second-order valence-electron chi connectivity index (χ2n) is 4.71. The lowest BCUT2D eigenvalue weighted by Crippen LogP contribution is -2.33. The van der Waals surface area contributed by atoms with Crippen LogP contribution in [-0.4, -0.2) is 31.7 Å². The number of carbonyl (C=O) groups excluding carboxylic acids is 1. The highest BCUT2D eigenvalue weighted by Crippen LogP contribution is 2.04. The highest BCUT2D eigenvalue weighted by Gasteiger charge is 2.11. The van der Waals surface area contributed by atoms with Gasteiger partial charge >= 0.3 is 0 Å². The average Bonchev–Trinajstić information content (AvgIpc) is 3.09. The Morgan fingerprint density at radius 1 is 1.29 bits per heavy atom. The molecule has 24 heavy (non-hydrogen) atoms. The van der Waals surface area contributed by atoms with Crippen LogP contribution in [0.4, 0.5) is 4.39 Å². The summed E-state index contributed by atoms with van der Waals surface area (Å²) in [4.78, 5) is 16.3. The van der Waals surface area contributed by atoms with Crippen LogP contribution in [0.15, 0.2) is 52.1 Å². The van der Waals surface area contributed by atoms with E-state index in [1.165, 1.54) is 24.5 Å². The molecule has 0 aliphatic heterocycles. The molecule has 0 saturated heterocycles. The first-order valence-electron chi connectivity index (χ1n) is 7.53. The number of halogens is 1. The fourth-order valence-electron chi connectivity index (χ4n) is 1.81. The SMILES string of the molecule is CCOCCOC(=NCc1ccco1)NC(=O)c1cccc(F)c1. The van der Waals surface area contributed by atoms with Crippen LogP contribution in [-0.2, 0) is 16.0 Å². The Morgan fingerprint density at radius 3 is 2.88 bits per heavy atom. The standard InChI is InChI=1S/C17H19FN2O4/c1-2-22-9-10-24-17(19-12-15-7-4-8-23-15)20-16(21)13-5-3-6-14(18)11-13/h3-8,11H,2,9-10,12H2,1H3,(H,19,20,21). The van der Waals surface area contributed by atoms with Gasteiger partial charge in [0.15, 0.2) is 0 Å². The quantitative estimate of drug-likeness (QED) is 0.480. The summed E-state index contributed by atoms with van der Waals surface area (Å²) in [5, 5.41) is 2.52. The van der Waals surface area contributed by atoms with E-state index in [4.69, 9.17) is 13.9 Å². The molecule has 2 rings (SSSR count). The molecule has 6 nitrogen and oxygen atoms in total. The third-order valence-corrected chi connectivity index (χ3v) is 2.94. The molecule has 1 amide bonds. The molecule has 7 heteroatoms. The minimum Gasteiger partial charge on any atom is -0.467 e. The van der Waals surface area contributed by atoms with Gasteiger partial charge in [-0.05, 0) is 37.3 Å². The van der Waals surface area contributed by atoms with E-state index in [0.29, 0.717) is 19.0 Å². The summed E-state index contributed by atoms with van der Waals surface area (Å²) in [6.07, 6.45) is 1.53. The Bertz CT molecular complexity index is 671. The van der Waals surface area contributed by atoms with Crippen molar-refractivity contribution < 1.29 is 23.1 Å². The zero-order valence-corrected chi connectivity index (χ0v) is 13.3. The smallest absolute Gasteiger partial charge is 0.292 e. The number of hydrogen-bond donors (Lipinski definition) is 1. The van der Waals surface area contributed by atoms with E-state index in [0.717, 1.165) is 6.07 Å². The first-order valence-corrected chi connectivity index (χ1v) is 7.53. The van der Waals surface area contributed by atoms with E-state index in [-0.39, 0.29) is 24.7 Å². The van der Waals surface area contributed by atoms with E-state index in [2.05, 4.69) is 10.3 Å². The second kappa shape index (κ2) is 9.46. The highest BCUT2D eigenvalue weighted by molar-refractivity contribution is 6.04. The predicted molar refractivity (Wildman–Crippen MR) is 86.2 cm³/mol. The lowest BCUT2D eigenvalue weighted by Gasteiger charge is -2.11. The Morgan fingerprint density at radius 2 is 2.17 bits per heavy atom. The summed E-state index contributed by atoms with van der Waals surface area (Å²) in [7, 11) is 0. The lowest BCUT2D eigenvalue weighted by atomic mass is 10.2. The zero-order valence-electron chi connectivity index (χ0n) is 13.3. The second-order valence-corrected chi connectivity index (χ2v) is 4.71. The number of ether oxygens (including phenoxy) is 2. The summed E-state index contributed by atoms with van der Waals surface area (Å²) in [5.41, 5.74) is 0.175. The molecule has 1 N–H and O–H groups in total. The lowest BCUT2D eigenvalue weighted by molar-refractivity contribution is 0.0921. The van der Waals surface area contributed by atoms with Gasteiger partial charge in [0.05, 0.1) is 12.9 Å². The number of aliphatic imine (C=N–C) groups is 1. The van der Waals surface area contributed by atoms with Gasteiger partial charge in [-0.1, -0.05) is 6.07 Å². The van der Waals surface area contributed by atoms with Gasteiger partial charge in [0.2, 0.25) is 0 Å². The molecule has 1 heterocycles. The number of benzene rings is 1. The first kappa shape index (κ1) is 17.7. The van der Waals surface area contributed by atoms with Crippen LogP contribution in [0.2, 0.25) is 0 Å². The van der Waals surface area contributed by atoms with Gasteiger partial charge in [-0.2, -0.15) is 0 Å². The largest absolute Gasteiger partial charge is 0.467 e. The summed E-state index contributed by atoms with van der Waals surface area (Å²) >= 11 is 0. The molecule has 1 aromatic heterocycles. The molecule has 128 valence electrons. The number of nitrogens with zero attached hydrogens (tertiary/aromatic N) is 1.